The van der Waals surface area contributed by atoms with Crippen molar-refractivity contribution >= 4 is 17.5 Å². The summed E-state index contributed by atoms with van der Waals surface area (Å²) in [6.07, 6.45) is 7.16. The highest BCUT2D eigenvalue weighted by Crippen LogP contribution is 2.70. The molecule has 4 aliphatic rings. The summed E-state index contributed by atoms with van der Waals surface area (Å²) in [7, 11) is 0. The predicted octanol–water partition coefficient (Wildman–Crippen LogP) is 5.77. The van der Waals surface area contributed by atoms with Crippen LogP contribution in [0.5, 0.6) is 0 Å². The Kier molecular flexibility index (Phi) is 5.46. The molecule has 0 bridgehead atoms. The van der Waals surface area contributed by atoms with Gasteiger partial charge in [-0.05, 0) is 80.8 Å². The van der Waals surface area contributed by atoms with E-state index < -0.39 is 5.60 Å². The highest BCUT2D eigenvalue weighted by molar-refractivity contribution is 6.09. The number of esters is 1. The first kappa shape index (κ1) is 23.2. The van der Waals surface area contributed by atoms with E-state index in [9.17, 15) is 14.4 Å². The first-order valence-electron chi connectivity index (χ1n) is 12.3. The number of rotatable bonds is 4. The van der Waals surface area contributed by atoms with Gasteiger partial charge in [-0.15, -0.1) is 0 Å². The lowest BCUT2D eigenvalue weighted by molar-refractivity contribution is -0.188. The normalized spacial score (nSPS) is 43.2. The maximum atomic E-state index is 13.1. The summed E-state index contributed by atoms with van der Waals surface area (Å²) in [5, 5.41) is 0. The number of hydrogen-bond acceptors (Lipinski definition) is 4. The molecule has 0 saturated heterocycles. The molecule has 0 amide bonds. The van der Waals surface area contributed by atoms with Crippen LogP contribution < -0.4 is 0 Å². The Morgan fingerprint density at radius 3 is 2.44 bits per heavy atom. The molecule has 0 aromatic carbocycles. The van der Waals surface area contributed by atoms with Gasteiger partial charge in [-0.25, -0.2) is 0 Å². The second-order valence-corrected chi connectivity index (χ2v) is 11.2. The van der Waals surface area contributed by atoms with Gasteiger partial charge in [-0.1, -0.05) is 46.4 Å². The summed E-state index contributed by atoms with van der Waals surface area (Å²) in [4.78, 5) is 38.2. The van der Waals surface area contributed by atoms with Crippen LogP contribution in [0.25, 0.3) is 0 Å². The second kappa shape index (κ2) is 7.53. The zero-order chi connectivity index (χ0) is 23.6. The van der Waals surface area contributed by atoms with Crippen molar-refractivity contribution in [2.24, 2.45) is 34.5 Å². The van der Waals surface area contributed by atoms with Gasteiger partial charge < -0.3 is 4.74 Å². The van der Waals surface area contributed by atoms with Crippen molar-refractivity contribution in [3.05, 3.63) is 36.0 Å². The molecule has 3 saturated carbocycles. The molecule has 4 heteroatoms. The van der Waals surface area contributed by atoms with Crippen LogP contribution in [0.4, 0.5) is 0 Å². The van der Waals surface area contributed by atoms with Gasteiger partial charge >= 0.3 is 5.97 Å². The van der Waals surface area contributed by atoms with Crippen LogP contribution >= 0.6 is 0 Å². The zero-order valence-electron chi connectivity index (χ0n) is 20.4. The predicted molar refractivity (Wildman–Crippen MR) is 125 cm³/mol. The minimum absolute atomic E-state index is 0.00674. The maximum Gasteiger partial charge on any atom is 0.306 e. The Morgan fingerprint density at radius 1 is 1.16 bits per heavy atom. The Morgan fingerprint density at radius 2 is 1.81 bits per heavy atom. The Bertz CT molecular complexity index is 941. The summed E-state index contributed by atoms with van der Waals surface area (Å²) in [5.74, 6) is 1.06. The quantitative estimate of drug-likeness (QED) is 0.413. The molecule has 4 nitrogen and oxygen atoms in total. The van der Waals surface area contributed by atoms with Crippen molar-refractivity contribution in [1.82, 2.24) is 0 Å². The van der Waals surface area contributed by atoms with Crippen LogP contribution in [-0.4, -0.2) is 23.1 Å². The minimum atomic E-state index is -1.02. The molecular formula is C28H38O4. The van der Waals surface area contributed by atoms with Gasteiger partial charge in [0.1, 0.15) is 0 Å². The molecule has 1 unspecified atom stereocenters. The number of carbonyl (C=O) groups is 3. The summed E-state index contributed by atoms with van der Waals surface area (Å²) in [5.41, 5.74) is 0.970. The number of allylic oxidation sites excluding steroid dienone is 3. The van der Waals surface area contributed by atoms with E-state index in [1.54, 1.807) is 6.92 Å². The van der Waals surface area contributed by atoms with Crippen molar-refractivity contribution < 1.29 is 19.1 Å². The Balaban J connectivity index is 1.75. The maximum absolute atomic E-state index is 13.1. The monoisotopic (exact) mass is 438 g/mol. The molecule has 0 heterocycles. The third-order valence-corrected chi connectivity index (χ3v) is 9.94. The molecule has 0 N–H and O–H groups in total. The smallest absolute Gasteiger partial charge is 0.306 e. The van der Waals surface area contributed by atoms with Crippen LogP contribution in [0.15, 0.2) is 36.0 Å². The van der Waals surface area contributed by atoms with Gasteiger partial charge in [0.25, 0.3) is 0 Å². The van der Waals surface area contributed by atoms with E-state index in [-0.39, 0.29) is 34.3 Å². The fourth-order valence-corrected chi connectivity index (χ4v) is 8.24. The first-order valence-corrected chi connectivity index (χ1v) is 12.3. The van der Waals surface area contributed by atoms with Gasteiger partial charge in [0, 0.05) is 22.8 Å². The van der Waals surface area contributed by atoms with Crippen molar-refractivity contribution in [1.29, 1.82) is 0 Å². The number of Topliss-reactive ketones (excluding diaryl/α,β-unsaturated/α-hetero) is 1. The summed E-state index contributed by atoms with van der Waals surface area (Å²) >= 11 is 0. The molecule has 4 rings (SSSR count). The summed E-state index contributed by atoms with van der Waals surface area (Å²) in [6.45, 7) is 18.6. The average molecular weight is 439 g/mol. The molecule has 4 aliphatic carbocycles. The van der Waals surface area contributed by atoms with Crippen molar-refractivity contribution in [3.63, 3.8) is 0 Å². The summed E-state index contributed by atoms with van der Waals surface area (Å²) in [6, 6.07) is 0. The van der Waals surface area contributed by atoms with Crippen LogP contribution in [0.2, 0.25) is 0 Å². The van der Waals surface area contributed by atoms with Gasteiger partial charge in [-0.2, -0.15) is 0 Å². The third kappa shape index (κ3) is 2.83. The number of ether oxygens (including phenoxy) is 1. The van der Waals surface area contributed by atoms with E-state index in [1.807, 2.05) is 13.0 Å². The molecule has 0 aromatic heterocycles. The van der Waals surface area contributed by atoms with E-state index in [1.165, 1.54) is 5.57 Å². The largest absolute Gasteiger partial charge is 0.450 e. The van der Waals surface area contributed by atoms with Gasteiger partial charge in [0.05, 0.1) is 0 Å². The lowest BCUT2D eigenvalue weighted by Gasteiger charge is -2.61. The van der Waals surface area contributed by atoms with E-state index in [4.69, 9.17) is 4.74 Å². The Labute approximate surface area is 192 Å². The third-order valence-electron chi connectivity index (χ3n) is 9.94. The van der Waals surface area contributed by atoms with E-state index >= 15 is 0 Å². The second-order valence-electron chi connectivity index (χ2n) is 11.2. The molecule has 0 aliphatic heterocycles. The fourth-order valence-electron chi connectivity index (χ4n) is 8.24. The number of fused-ring (bicyclic) bond motifs is 5. The summed E-state index contributed by atoms with van der Waals surface area (Å²) < 4.78 is 6.09. The van der Waals surface area contributed by atoms with Gasteiger partial charge in [-0.3, -0.25) is 14.4 Å². The highest BCUT2D eigenvalue weighted by atomic mass is 16.6. The lowest BCUT2D eigenvalue weighted by Crippen LogP contribution is -2.59. The SMILES string of the molecule is C=C1C(=C)[C@@]2(C)C(=CC1=O)C(C)C[C@@H]1[C@@H]2CC[C@@]2(C)[C@H]1CC[C@]2(OC(=O)CCC)C(C)=O. The van der Waals surface area contributed by atoms with Gasteiger partial charge in [0.15, 0.2) is 17.2 Å². The number of carbonyl (C=O) groups excluding carboxylic acids is 3. The molecule has 32 heavy (non-hydrogen) atoms. The van der Waals surface area contributed by atoms with Crippen LogP contribution in [0, 0.1) is 34.5 Å². The highest BCUT2D eigenvalue weighted by Gasteiger charge is 2.68. The molecule has 0 radical (unpaired) electrons. The van der Waals surface area contributed by atoms with Gasteiger partial charge in [0.2, 0.25) is 0 Å². The minimum Gasteiger partial charge on any atom is -0.450 e. The number of hydrogen-bond donors (Lipinski definition) is 0. The molecule has 0 aromatic rings. The molecule has 7 atom stereocenters. The van der Waals surface area contributed by atoms with Crippen molar-refractivity contribution in [2.75, 3.05) is 0 Å². The van der Waals surface area contributed by atoms with Crippen molar-refractivity contribution in [3.8, 4) is 0 Å². The molecule has 0 spiro atoms. The van der Waals surface area contributed by atoms with Crippen molar-refractivity contribution in [2.45, 2.75) is 85.2 Å². The number of ketones is 2. The Hall–Kier alpha value is -1.97. The van der Waals surface area contributed by atoms with E-state index in [0.717, 1.165) is 31.3 Å². The van der Waals surface area contributed by atoms with Crippen LogP contribution in [0.3, 0.4) is 0 Å². The topological polar surface area (TPSA) is 60.4 Å². The standard InChI is InChI=1S/C28H38O4/c1-8-9-25(31)32-28(19(5)29)13-11-21-20-14-16(2)23-15-24(30)17(3)18(4)27(23,7)22(20)10-12-26(21,28)6/h15-16,20-22H,3-4,8-14H2,1-2,5-7H3/t16?,20-,21-,22-,26-,27+,28-/m0/s1. The van der Waals surface area contributed by atoms with E-state index in [2.05, 4.69) is 33.9 Å². The first-order chi connectivity index (χ1) is 14.9. The molecule has 3 fully saturated rings. The molecular weight excluding hydrogens is 400 g/mol. The average Bonchev–Trinajstić information content (AvgIpc) is 3.02. The lowest BCUT2D eigenvalue weighted by atomic mass is 9.43. The zero-order valence-corrected chi connectivity index (χ0v) is 20.4. The van der Waals surface area contributed by atoms with Crippen LogP contribution in [-0.2, 0) is 19.1 Å². The fraction of sp³-hybridized carbons (Fsp3) is 0.679. The van der Waals surface area contributed by atoms with E-state index in [0.29, 0.717) is 42.6 Å². The molecule has 174 valence electrons. The van der Waals surface area contributed by atoms with Crippen LogP contribution in [0.1, 0.15) is 79.6 Å².